The minimum absolute atomic E-state index is 0.644. The molecule has 186 valence electrons. The Kier molecular flexibility index (Phi) is 8.04. The lowest BCUT2D eigenvalue weighted by Gasteiger charge is -2.21. The van der Waals surface area contributed by atoms with E-state index in [9.17, 15) is 0 Å². The van der Waals surface area contributed by atoms with Crippen LogP contribution in [0.15, 0.2) is 70.6 Å². The second-order valence-electron chi connectivity index (χ2n) is 8.36. The molecule has 0 fully saturated rings. The van der Waals surface area contributed by atoms with Gasteiger partial charge in [-0.05, 0) is 69.8 Å². The summed E-state index contributed by atoms with van der Waals surface area (Å²) in [5.41, 5.74) is 6.96. The number of fused-ring (bicyclic) bond motifs is 2. The minimum Gasteiger partial charge on any atom is -0.476 e. The molecule has 4 heteroatoms. The van der Waals surface area contributed by atoms with Gasteiger partial charge in [-0.15, -0.1) is 0 Å². The molecule has 0 bridgehead atoms. The predicted molar refractivity (Wildman–Crippen MR) is 154 cm³/mol. The zero-order valence-electron chi connectivity index (χ0n) is 22.3. The van der Waals surface area contributed by atoms with E-state index in [-0.39, 0.29) is 0 Å². The number of hydrogen-bond donors (Lipinski definition) is 0. The number of aliphatic imine (C=N–C) groups is 2. The van der Waals surface area contributed by atoms with Crippen LogP contribution in [0.1, 0.15) is 49.9 Å². The van der Waals surface area contributed by atoms with Crippen molar-refractivity contribution in [3.63, 3.8) is 0 Å². The SMILES string of the molecule is CC.CC.Cc1c(C2=NCCO2)cc2ccccc2c1-c1c(C)c(C2=NCCO2)cc2ccccc12. The van der Waals surface area contributed by atoms with Crippen molar-refractivity contribution in [2.45, 2.75) is 41.5 Å². The molecular weight excluding hydrogens is 444 g/mol. The quantitative estimate of drug-likeness (QED) is 0.299. The average Bonchev–Trinajstić information content (AvgIpc) is 3.66. The van der Waals surface area contributed by atoms with Crippen molar-refractivity contribution < 1.29 is 9.47 Å². The van der Waals surface area contributed by atoms with Crippen molar-refractivity contribution in [2.75, 3.05) is 26.3 Å². The van der Waals surface area contributed by atoms with E-state index in [1.807, 2.05) is 27.7 Å². The largest absolute Gasteiger partial charge is 0.476 e. The second kappa shape index (κ2) is 11.4. The van der Waals surface area contributed by atoms with Crippen molar-refractivity contribution in [1.29, 1.82) is 0 Å². The monoisotopic (exact) mass is 480 g/mol. The highest BCUT2D eigenvalue weighted by Crippen LogP contribution is 2.42. The van der Waals surface area contributed by atoms with Crippen LogP contribution in [0.3, 0.4) is 0 Å². The van der Waals surface area contributed by atoms with Gasteiger partial charge < -0.3 is 9.47 Å². The summed E-state index contributed by atoms with van der Waals surface area (Å²) in [4.78, 5) is 9.26. The molecule has 0 saturated heterocycles. The van der Waals surface area contributed by atoms with E-state index in [1.165, 1.54) is 43.8 Å². The van der Waals surface area contributed by atoms with E-state index < -0.39 is 0 Å². The lowest BCUT2D eigenvalue weighted by Crippen LogP contribution is -2.08. The number of hydrogen-bond acceptors (Lipinski definition) is 4. The Bertz CT molecular complexity index is 1340. The Morgan fingerprint density at radius 2 is 0.972 bits per heavy atom. The average molecular weight is 481 g/mol. The molecule has 36 heavy (non-hydrogen) atoms. The molecule has 2 heterocycles. The highest BCUT2D eigenvalue weighted by Gasteiger charge is 2.24. The molecule has 2 aliphatic heterocycles. The Morgan fingerprint density at radius 3 is 1.33 bits per heavy atom. The van der Waals surface area contributed by atoms with Crippen LogP contribution in [-0.2, 0) is 9.47 Å². The molecule has 0 radical (unpaired) electrons. The van der Waals surface area contributed by atoms with Gasteiger partial charge >= 0.3 is 0 Å². The third-order valence-electron chi connectivity index (χ3n) is 6.50. The number of nitrogens with zero attached hydrogens (tertiary/aromatic N) is 2. The van der Waals surface area contributed by atoms with Crippen LogP contribution >= 0.6 is 0 Å². The van der Waals surface area contributed by atoms with E-state index in [2.05, 4.69) is 84.5 Å². The van der Waals surface area contributed by atoms with E-state index in [4.69, 9.17) is 9.47 Å². The first-order valence-electron chi connectivity index (χ1n) is 13.1. The maximum atomic E-state index is 5.89. The van der Waals surface area contributed by atoms with Crippen molar-refractivity contribution >= 4 is 33.3 Å². The highest BCUT2D eigenvalue weighted by atomic mass is 16.5. The van der Waals surface area contributed by atoms with Crippen molar-refractivity contribution in [3.8, 4) is 11.1 Å². The Morgan fingerprint density at radius 1 is 0.583 bits per heavy atom. The molecular formula is C32H36N2O2. The molecule has 0 N–H and O–H groups in total. The zero-order valence-corrected chi connectivity index (χ0v) is 22.3. The first-order valence-corrected chi connectivity index (χ1v) is 13.1. The van der Waals surface area contributed by atoms with Gasteiger partial charge in [-0.1, -0.05) is 76.2 Å². The molecule has 4 nitrogen and oxygen atoms in total. The lowest BCUT2D eigenvalue weighted by atomic mass is 9.84. The summed E-state index contributed by atoms with van der Waals surface area (Å²) < 4.78 is 11.8. The van der Waals surface area contributed by atoms with Crippen molar-refractivity contribution in [2.24, 2.45) is 9.98 Å². The normalized spacial score (nSPS) is 14.2. The van der Waals surface area contributed by atoms with Gasteiger partial charge in [0, 0.05) is 11.1 Å². The highest BCUT2D eigenvalue weighted by molar-refractivity contribution is 6.14. The molecule has 0 amide bonds. The zero-order chi connectivity index (χ0) is 25.7. The Hall–Kier alpha value is -3.66. The van der Waals surface area contributed by atoms with Gasteiger partial charge in [0.05, 0.1) is 13.1 Å². The number of benzene rings is 4. The van der Waals surface area contributed by atoms with Gasteiger partial charge in [0.2, 0.25) is 11.8 Å². The van der Waals surface area contributed by atoms with Crippen LogP contribution in [0.4, 0.5) is 0 Å². The van der Waals surface area contributed by atoms with Gasteiger partial charge in [-0.3, -0.25) is 0 Å². The van der Waals surface area contributed by atoms with Crippen molar-refractivity contribution in [3.05, 3.63) is 82.9 Å². The molecule has 0 unspecified atom stereocenters. The smallest absolute Gasteiger partial charge is 0.216 e. The Balaban J connectivity index is 0.000000726. The maximum absolute atomic E-state index is 5.89. The summed E-state index contributed by atoms with van der Waals surface area (Å²) in [5, 5.41) is 4.83. The third kappa shape index (κ3) is 4.48. The number of rotatable bonds is 3. The predicted octanol–water partition coefficient (Wildman–Crippen LogP) is 7.88. The van der Waals surface area contributed by atoms with E-state index in [0.717, 1.165) is 22.9 Å². The Labute approximate surface area is 214 Å². The van der Waals surface area contributed by atoms with Crippen LogP contribution in [0.2, 0.25) is 0 Å². The van der Waals surface area contributed by atoms with Crippen LogP contribution in [0.25, 0.3) is 32.7 Å². The maximum Gasteiger partial charge on any atom is 0.216 e. The van der Waals surface area contributed by atoms with E-state index in [0.29, 0.717) is 26.3 Å². The third-order valence-corrected chi connectivity index (χ3v) is 6.50. The molecule has 4 aromatic rings. The molecule has 2 aliphatic rings. The summed E-state index contributed by atoms with van der Waals surface area (Å²) in [5.74, 6) is 1.49. The fraction of sp³-hybridized carbons (Fsp3) is 0.312. The van der Waals surface area contributed by atoms with Crippen molar-refractivity contribution in [1.82, 2.24) is 0 Å². The van der Waals surface area contributed by atoms with Gasteiger partial charge in [0.1, 0.15) is 13.2 Å². The molecule has 4 aromatic carbocycles. The van der Waals surface area contributed by atoms with Gasteiger partial charge in [0.15, 0.2) is 0 Å². The lowest BCUT2D eigenvalue weighted by molar-refractivity contribution is 0.348. The number of ether oxygens (including phenoxy) is 2. The van der Waals surface area contributed by atoms with Gasteiger partial charge in [0.25, 0.3) is 0 Å². The second-order valence-corrected chi connectivity index (χ2v) is 8.36. The first kappa shape index (κ1) is 25.4. The topological polar surface area (TPSA) is 43.2 Å². The molecule has 0 spiro atoms. The van der Waals surface area contributed by atoms with Crippen LogP contribution < -0.4 is 0 Å². The summed E-state index contributed by atoms with van der Waals surface area (Å²) in [6, 6.07) is 21.6. The van der Waals surface area contributed by atoms with Gasteiger partial charge in [-0.2, -0.15) is 0 Å². The first-order chi connectivity index (χ1) is 17.7. The molecule has 6 rings (SSSR count). The van der Waals surface area contributed by atoms with E-state index in [1.54, 1.807) is 0 Å². The molecule has 0 aliphatic carbocycles. The standard InChI is InChI=1S/C28H24N2O2.2C2H6/c1-17-23(27-29-11-13-31-27)15-19-7-3-5-9-21(19)25(17)26-18(2)24(28-30-12-14-32-28)16-20-8-4-6-10-22(20)26;2*1-2/h3-10,15-16H,11-14H2,1-2H3;2*1-2H3. The van der Waals surface area contributed by atoms with Gasteiger partial charge in [-0.25, -0.2) is 9.98 Å². The van der Waals surface area contributed by atoms with Crippen LogP contribution in [-0.4, -0.2) is 38.1 Å². The summed E-state index contributed by atoms with van der Waals surface area (Å²) >= 11 is 0. The van der Waals surface area contributed by atoms with Crippen LogP contribution in [0.5, 0.6) is 0 Å². The summed E-state index contributed by atoms with van der Waals surface area (Å²) in [6.07, 6.45) is 0. The fourth-order valence-corrected chi connectivity index (χ4v) is 4.99. The summed E-state index contributed by atoms with van der Waals surface area (Å²) in [7, 11) is 0. The summed E-state index contributed by atoms with van der Waals surface area (Å²) in [6.45, 7) is 15.1. The molecule has 0 aromatic heterocycles. The van der Waals surface area contributed by atoms with Crippen LogP contribution in [0, 0.1) is 13.8 Å². The van der Waals surface area contributed by atoms with E-state index >= 15 is 0 Å². The molecule has 0 saturated carbocycles. The molecule has 0 atom stereocenters. The fourth-order valence-electron chi connectivity index (χ4n) is 4.99. The minimum atomic E-state index is 0.644.